The van der Waals surface area contributed by atoms with Crippen LogP contribution in [0.1, 0.15) is 82.2 Å². The molecule has 194 valence electrons. The van der Waals surface area contributed by atoms with Crippen LogP contribution in [0.5, 0.6) is 0 Å². The Kier molecular flexibility index (Phi) is 5.86. The number of pyridine rings is 1. The number of fused-ring (bicyclic) bond motifs is 3. The maximum Gasteiger partial charge on any atom is 0.160 e. The van der Waals surface area contributed by atoms with Crippen molar-refractivity contribution in [2.24, 2.45) is 11.3 Å². The highest BCUT2D eigenvalue weighted by Crippen LogP contribution is 2.60. The lowest BCUT2D eigenvalue weighted by atomic mass is 9.50. The standard InChI is InChI=1S/C32H33FN4O/c1-4-14-31(2)26-12-11-23-27(22-7-5-6-8-24(22)33)36-30(20-13-15-35-25(16-20)19-9-10-19)37-28(23)32(26,3)17-21(18-34)29(31)38/h5-8,13,15-16,19,26,38H,4,9-12,14,17H2,1-3H3/t26-,31-,32-/m1/s1. The van der Waals surface area contributed by atoms with Crippen molar-refractivity contribution in [2.45, 2.75) is 77.0 Å². The average molecular weight is 509 g/mol. The fourth-order valence-corrected chi connectivity index (χ4v) is 7.25. The first-order valence-corrected chi connectivity index (χ1v) is 13.8. The van der Waals surface area contributed by atoms with Gasteiger partial charge in [-0.25, -0.2) is 14.4 Å². The third-order valence-electron chi connectivity index (χ3n) is 9.21. The monoisotopic (exact) mass is 508 g/mol. The number of hydrogen-bond acceptors (Lipinski definition) is 5. The van der Waals surface area contributed by atoms with E-state index in [1.54, 1.807) is 12.1 Å². The summed E-state index contributed by atoms with van der Waals surface area (Å²) in [5, 5.41) is 21.3. The Hall–Kier alpha value is -3.59. The van der Waals surface area contributed by atoms with Gasteiger partial charge in [-0.15, -0.1) is 0 Å². The summed E-state index contributed by atoms with van der Waals surface area (Å²) < 4.78 is 15.2. The number of benzene rings is 1. The third kappa shape index (κ3) is 3.74. The zero-order valence-corrected chi connectivity index (χ0v) is 22.3. The molecule has 38 heavy (non-hydrogen) atoms. The van der Waals surface area contributed by atoms with Crippen molar-refractivity contribution in [2.75, 3.05) is 0 Å². The Morgan fingerprint density at radius 1 is 1.13 bits per heavy atom. The lowest BCUT2D eigenvalue weighted by Crippen LogP contribution is -2.51. The molecule has 5 nitrogen and oxygen atoms in total. The molecular weight excluding hydrogens is 475 g/mol. The largest absolute Gasteiger partial charge is 0.511 e. The Bertz CT molecular complexity index is 1500. The number of aromatic nitrogens is 3. The van der Waals surface area contributed by atoms with Crippen molar-refractivity contribution in [1.29, 1.82) is 5.26 Å². The minimum absolute atomic E-state index is 0.0928. The zero-order chi connectivity index (χ0) is 26.7. The van der Waals surface area contributed by atoms with Crippen molar-refractivity contribution in [1.82, 2.24) is 15.0 Å². The molecule has 0 radical (unpaired) electrons. The summed E-state index contributed by atoms with van der Waals surface area (Å²) in [6.07, 6.45) is 7.69. The molecule has 2 heterocycles. The third-order valence-corrected chi connectivity index (χ3v) is 9.21. The zero-order valence-electron chi connectivity index (χ0n) is 22.3. The normalized spacial score (nSPS) is 26.4. The van der Waals surface area contributed by atoms with E-state index in [4.69, 9.17) is 9.97 Å². The summed E-state index contributed by atoms with van der Waals surface area (Å²) in [4.78, 5) is 14.8. The first kappa shape index (κ1) is 24.7. The summed E-state index contributed by atoms with van der Waals surface area (Å²) in [5.41, 5.74) is 4.25. The molecule has 3 aromatic rings. The number of nitrogens with zero attached hydrogens (tertiary/aromatic N) is 4. The van der Waals surface area contributed by atoms with Crippen LogP contribution < -0.4 is 0 Å². The minimum Gasteiger partial charge on any atom is -0.511 e. The Morgan fingerprint density at radius 2 is 1.92 bits per heavy atom. The van der Waals surface area contributed by atoms with Crippen LogP contribution in [-0.4, -0.2) is 20.1 Å². The van der Waals surface area contributed by atoms with Gasteiger partial charge in [-0.05, 0) is 68.7 Å². The smallest absolute Gasteiger partial charge is 0.160 e. The average Bonchev–Trinajstić information content (AvgIpc) is 3.77. The quantitative estimate of drug-likeness (QED) is 0.384. The predicted molar refractivity (Wildman–Crippen MR) is 145 cm³/mol. The summed E-state index contributed by atoms with van der Waals surface area (Å²) in [6, 6.07) is 13.1. The van der Waals surface area contributed by atoms with Gasteiger partial charge in [0.2, 0.25) is 0 Å². The maximum absolute atomic E-state index is 15.2. The molecule has 0 amide bonds. The fraction of sp³-hybridized carbons (Fsp3) is 0.438. The first-order chi connectivity index (χ1) is 18.3. The molecule has 6 rings (SSSR count). The molecule has 3 atom stereocenters. The molecule has 2 aromatic heterocycles. The van der Waals surface area contributed by atoms with E-state index >= 15 is 4.39 Å². The van der Waals surface area contributed by atoms with Crippen LogP contribution in [0, 0.1) is 28.5 Å². The molecule has 1 N–H and O–H groups in total. The van der Waals surface area contributed by atoms with E-state index in [-0.39, 0.29) is 17.5 Å². The van der Waals surface area contributed by atoms with E-state index in [2.05, 4.69) is 37.9 Å². The number of aliphatic hydroxyl groups excluding tert-OH is 1. The van der Waals surface area contributed by atoms with E-state index in [9.17, 15) is 10.4 Å². The van der Waals surface area contributed by atoms with Gasteiger partial charge in [-0.3, -0.25) is 4.98 Å². The van der Waals surface area contributed by atoms with Gasteiger partial charge in [0.05, 0.1) is 23.0 Å². The van der Waals surface area contributed by atoms with E-state index < -0.39 is 10.8 Å². The van der Waals surface area contributed by atoms with Gasteiger partial charge in [-0.1, -0.05) is 39.3 Å². The second-order valence-corrected chi connectivity index (χ2v) is 11.7. The van der Waals surface area contributed by atoms with E-state index in [1.807, 2.05) is 18.3 Å². The van der Waals surface area contributed by atoms with Crippen molar-refractivity contribution < 1.29 is 9.50 Å². The van der Waals surface area contributed by atoms with Crippen molar-refractivity contribution in [3.05, 3.63) is 76.7 Å². The summed E-state index contributed by atoms with van der Waals surface area (Å²) >= 11 is 0. The lowest BCUT2D eigenvalue weighted by Gasteiger charge is -2.54. The van der Waals surface area contributed by atoms with Gasteiger partial charge in [0.15, 0.2) is 5.82 Å². The molecular formula is C32H33FN4O. The molecule has 1 saturated carbocycles. The molecule has 0 bridgehead atoms. The number of aliphatic hydroxyl groups is 1. The minimum atomic E-state index is -0.524. The Morgan fingerprint density at radius 3 is 2.63 bits per heavy atom. The van der Waals surface area contributed by atoms with Gasteiger partial charge >= 0.3 is 0 Å². The molecule has 3 aliphatic rings. The van der Waals surface area contributed by atoms with Crippen molar-refractivity contribution in [3.63, 3.8) is 0 Å². The van der Waals surface area contributed by atoms with Crippen LogP contribution in [0.15, 0.2) is 53.9 Å². The summed E-state index contributed by atoms with van der Waals surface area (Å²) in [7, 11) is 0. The van der Waals surface area contributed by atoms with Crippen LogP contribution >= 0.6 is 0 Å². The highest BCUT2D eigenvalue weighted by atomic mass is 19.1. The second kappa shape index (κ2) is 9.01. The van der Waals surface area contributed by atoms with E-state index in [0.717, 1.165) is 54.6 Å². The number of nitriles is 1. The number of allylic oxidation sites excluding steroid dienone is 2. The second-order valence-electron chi connectivity index (χ2n) is 11.7. The molecule has 0 spiro atoms. The molecule has 6 heteroatoms. The SMILES string of the molecule is CCC[C@@]1(C)C(O)=C(C#N)C[C@@]2(C)c3nc(-c4ccnc(C5CC5)c4)nc(-c4ccccc4F)c3CC[C@H]12. The molecule has 0 unspecified atom stereocenters. The predicted octanol–water partition coefficient (Wildman–Crippen LogP) is 7.59. The molecule has 0 aliphatic heterocycles. The lowest BCUT2D eigenvalue weighted by molar-refractivity contribution is 0.0412. The number of hydrogen-bond donors (Lipinski definition) is 1. The highest BCUT2D eigenvalue weighted by Gasteiger charge is 2.56. The Balaban J connectivity index is 1.61. The van der Waals surface area contributed by atoms with Crippen LogP contribution in [-0.2, 0) is 11.8 Å². The molecule has 3 aliphatic carbocycles. The van der Waals surface area contributed by atoms with Crippen molar-refractivity contribution in [3.8, 4) is 28.7 Å². The van der Waals surface area contributed by atoms with Gasteiger partial charge in [0.1, 0.15) is 11.6 Å². The number of halogens is 1. The van der Waals surface area contributed by atoms with Gasteiger partial charge < -0.3 is 5.11 Å². The van der Waals surface area contributed by atoms with Crippen LogP contribution in [0.4, 0.5) is 4.39 Å². The summed E-state index contributed by atoms with van der Waals surface area (Å²) in [5.74, 6) is 1.06. The van der Waals surface area contributed by atoms with Crippen LogP contribution in [0.2, 0.25) is 0 Å². The van der Waals surface area contributed by atoms with Gasteiger partial charge in [-0.2, -0.15) is 5.26 Å². The molecule has 0 saturated heterocycles. The molecule has 1 fully saturated rings. The summed E-state index contributed by atoms with van der Waals surface area (Å²) in [6.45, 7) is 6.39. The fourth-order valence-electron chi connectivity index (χ4n) is 7.25. The van der Waals surface area contributed by atoms with Gasteiger partial charge in [0, 0.05) is 45.3 Å². The maximum atomic E-state index is 15.2. The number of rotatable bonds is 5. The van der Waals surface area contributed by atoms with E-state index in [0.29, 0.717) is 41.4 Å². The van der Waals surface area contributed by atoms with E-state index in [1.165, 1.54) is 6.07 Å². The first-order valence-electron chi connectivity index (χ1n) is 13.8. The van der Waals surface area contributed by atoms with Gasteiger partial charge in [0.25, 0.3) is 0 Å². The van der Waals surface area contributed by atoms with Crippen LogP contribution in [0.3, 0.4) is 0 Å². The molecule has 1 aromatic carbocycles. The van der Waals surface area contributed by atoms with Crippen LogP contribution in [0.25, 0.3) is 22.6 Å². The Labute approximate surface area is 223 Å². The topological polar surface area (TPSA) is 82.7 Å². The highest BCUT2D eigenvalue weighted by molar-refractivity contribution is 5.70. The van der Waals surface area contributed by atoms with Crippen molar-refractivity contribution >= 4 is 0 Å².